The molecule has 110 valence electrons. The zero-order valence-electron chi connectivity index (χ0n) is 11.8. The highest BCUT2D eigenvalue weighted by atomic mass is 16.4. The molecule has 0 radical (unpaired) electrons. The third-order valence-electron chi connectivity index (χ3n) is 3.67. The molecule has 1 aliphatic rings. The van der Waals surface area contributed by atoms with E-state index in [2.05, 4.69) is 10.2 Å². The van der Waals surface area contributed by atoms with E-state index in [9.17, 15) is 9.59 Å². The molecular weight excluding hydrogens is 260 g/mol. The number of carbonyl (C=O) groups is 2. The van der Waals surface area contributed by atoms with Crippen LogP contribution in [-0.2, 0) is 11.3 Å². The molecule has 2 N–H and O–H groups in total. The molecule has 0 spiro atoms. The first-order valence-electron chi connectivity index (χ1n) is 6.77. The number of carbonyl (C=O) groups excluding carboxylic acids is 1. The summed E-state index contributed by atoms with van der Waals surface area (Å²) in [5.74, 6) is -0.340. The average molecular weight is 280 g/mol. The molecule has 0 aliphatic carbocycles. The molecule has 1 aliphatic heterocycles. The van der Waals surface area contributed by atoms with Crippen molar-refractivity contribution in [1.82, 2.24) is 10.2 Å². The van der Waals surface area contributed by atoms with Gasteiger partial charge in [0.2, 0.25) is 11.7 Å². The van der Waals surface area contributed by atoms with Crippen LogP contribution in [0.15, 0.2) is 10.5 Å². The number of aryl methyl sites for hydroxylation is 1. The quantitative estimate of drug-likeness (QED) is 0.867. The van der Waals surface area contributed by atoms with Crippen molar-refractivity contribution in [2.24, 2.45) is 5.92 Å². The number of carboxylic acid groups (broad SMARTS) is 1. The molecule has 2 heterocycles. The molecule has 0 saturated carbocycles. The Morgan fingerprint density at radius 3 is 2.90 bits per heavy atom. The van der Waals surface area contributed by atoms with Gasteiger partial charge in [0, 0.05) is 19.2 Å². The van der Waals surface area contributed by atoms with Gasteiger partial charge in [-0.15, -0.1) is 0 Å². The van der Waals surface area contributed by atoms with Crippen LogP contribution in [-0.4, -0.2) is 42.0 Å². The van der Waals surface area contributed by atoms with Crippen molar-refractivity contribution in [2.45, 2.75) is 26.3 Å². The number of aromatic carboxylic acids is 1. The highest BCUT2D eigenvalue weighted by Gasteiger charge is 2.26. The molecule has 1 fully saturated rings. The highest BCUT2D eigenvalue weighted by Crippen LogP contribution is 2.21. The second kappa shape index (κ2) is 6.09. The SMILES string of the molecule is CNC(=O)C1CCCN(Cc2cc(C)c(C(=O)O)o2)C1. The molecule has 2 rings (SSSR count). The van der Waals surface area contributed by atoms with E-state index in [0.29, 0.717) is 24.4 Å². The zero-order valence-corrected chi connectivity index (χ0v) is 11.8. The second-order valence-corrected chi connectivity index (χ2v) is 5.22. The number of furan rings is 1. The van der Waals surface area contributed by atoms with E-state index in [1.165, 1.54) is 0 Å². The summed E-state index contributed by atoms with van der Waals surface area (Å²) in [5.41, 5.74) is 0.632. The van der Waals surface area contributed by atoms with Gasteiger partial charge in [0.1, 0.15) is 5.76 Å². The number of nitrogens with one attached hydrogen (secondary N) is 1. The van der Waals surface area contributed by atoms with Gasteiger partial charge >= 0.3 is 5.97 Å². The van der Waals surface area contributed by atoms with Gasteiger partial charge in [0.25, 0.3) is 0 Å². The first-order valence-corrected chi connectivity index (χ1v) is 6.77. The van der Waals surface area contributed by atoms with Gasteiger partial charge in [-0.2, -0.15) is 0 Å². The predicted octanol–water partition coefficient (Wildman–Crippen LogP) is 1.24. The van der Waals surface area contributed by atoms with Gasteiger partial charge in [-0.3, -0.25) is 9.69 Å². The van der Waals surface area contributed by atoms with Crippen LogP contribution >= 0.6 is 0 Å². The highest BCUT2D eigenvalue weighted by molar-refractivity contribution is 5.86. The van der Waals surface area contributed by atoms with Gasteiger partial charge in [-0.05, 0) is 32.4 Å². The summed E-state index contributed by atoms with van der Waals surface area (Å²) in [7, 11) is 1.65. The number of likely N-dealkylation sites (tertiary alicyclic amines) is 1. The zero-order chi connectivity index (χ0) is 14.7. The van der Waals surface area contributed by atoms with E-state index >= 15 is 0 Å². The number of piperidine rings is 1. The maximum atomic E-state index is 11.7. The maximum absolute atomic E-state index is 11.7. The van der Waals surface area contributed by atoms with Crippen molar-refractivity contribution in [2.75, 3.05) is 20.1 Å². The standard InChI is InChI=1S/C14H20N2O4/c1-9-6-11(20-12(9)14(18)19)8-16-5-3-4-10(7-16)13(17)15-2/h6,10H,3-5,7-8H2,1-2H3,(H,15,17)(H,18,19). The molecule has 1 aromatic heterocycles. The average Bonchev–Trinajstić information content (AvgIpc) is 2.79. The van der Waals surface area contributed by atoms with Crippen molar-refractivity contribution < 1.29 is 19.1 Å². The summed E-state index contributed by atoms with van der Waals surface area (Å²) in [6, 6.07) is 1.76. The lowest BCUT2D eigenvalue weighted by Crippen LogP contribution is -2.41. The van der Waals surface area contributed by atoms with Crippen LogP contribution in [0, 0.1) is 12.8 Å². The molecule has 6 nitrogen and oxygen atoms in total. The molecule has 0 bridgehead atoms. The fraction of sp³-hybridized carbons (Fsp3) is 0.571. The predicted molar refractivity (Wildman–Crippen MR) is 72.5 cm³/mol. The normalized spacial score (nSPS) is 19.8. The maximum Gasteiger partial charge on any atom is 0.372 e. The van der Waals surface area contributed by atoms with Gasteiger partial charge in [-0.1, -0.05) is 0 Å². The Bertz CT molecular complexity index is 509. The number of carboxylic acids is 1. The Hall–Kier alpha value is -1.82. The Labute approximate surface area is 117 Å². The van der Waals surface area contributed by atoms with Crippen LogP contribution in [0.2, 0.25) is 0 Å². The van der Waals surface area contributed by atoms with Crippen LogP contribution in [0.5, 0.6) is 0 Å². The summed E-state index contributed by atoms with van der Waals surface area (Å²) in [4.78, 5) is 24.8. The number of rotatable bonds is 4. The molecule has 1 aromatic rings. The van der Waals surface area contributed by atoms with E-state index in [1.54, 1.807) is 20.0 Å². The minimum atomic E-state index is -1.05. The van der Waals surface area contributed by atoms with Crippen molar-refractivity contribution in [1.29, 1.82) is 0 Å². The Balaban J connectivity index is 2.01. The lowest BCUT2D eigenvalue weighted by atomic mass is 9.97. The Kier molecular flexibility index (Phi) is 4.44. The molecule has 6 heteroatoms. The van der Waals surface area contributed by atoms with Crippen LogP contribution in [0.3, 0.4) is 0 Å². The summed E-state index contributed by atoms with van der Waals surface area (Å²) < 4.78 is 5.36. The van der Waals surface area contributed by atoms with E-state index in [4.69, 9.17) is 9.52 Å². The third-order valence-corrected chi connectivity index (χ3v) is 3.67. The molecule has 20 heavy (non-hydrogen) atoms. The van der Waals surface area contributed by atoms with Crippen LogP contribution in [0.1, 0.15) is 34.7 Å². The van der Waals surface area contributed by atoms with Gasteiger partial charge in [0.15, 0.2) is 0 Å². The fourth-order valence-electron chi connectivity index (χ4n) is 2.68. The van der Waals surface area contributed by atoms with E-state index < -0.39 is 5.97 Å². The summed E-state index contributed by atoms with van der Waals surface area (Å²) in [6.45, 7) is 3.85. The molecule has 1 unspecified atom stereocenters. The van der Waals surface area contributed by atoms with Crippen molar-refractivity contribution in [3.8, 4) is 0 Å². The summed E-state index contributed by atoms with van der Waals surface area (Å²) in [6.07, 6.45) is 1.86. The van der Waals surface area contributed by atoms with Crippen molar-refractivity contribution >= 4 is 11.9 Å². The van der Waals surface area contributed by atoms with Crippen molar-refractivity contribution in [3.05, 3.63) is 23.2 Å². The van der Waals surface area contributed by atoms with E-state index in [1.807, 2.05) is 0 Å². The number of amides is 1. The van der Waals surface area contributed by atoms with Crippen LogP contribution in [0.25, 0.3) is 0 Å². The number of hydrogen-bond acceptors (Lipinski definition) is 4. The van der Waals surface area contributed by atoms with Gasteiger partial charge < -0.3 is 14.8 Å². The van der Waals surface area contributed by atoms with Gasteiger partial charge in [-0.25, -0.2) is 4.79 Å². The van der Waals surface area contributed by atoms with E-state index in [-0.39, 0.29) is 17.6 Å². The third kappa shape index (κ3) is 3.19. The van der Waals surface area contributed by atoms with Crippen LogP contribution < -0.4 is 5.32 Å². The summed E-state index contributed by atoms with van der Waals surface area (Å²) in [5, 5.41) is 11.7. The minimum absolute atomic E-state index is 0.000129. The van der Waals surface area contributed by atoms with Crippen molar-refractivity contribution in [3.63, 3.8) is 0 Å². The monoisotopic (exact) mass is 280 g/mol. The van der Waals surface area contributed by atoms with Gasteiger partial charge in [0.05, 0.1) is 12.5 Å². The first kappa shape index (κ1) is 14.6. The summed E-state index contributed by atoms with van der Waals surface area (Å²) >= 11 is 0. The lowest BCUT2D eigenvalue weighted by Gasteiger charge is -2.30. The topological polar surface area (TPSA) is 82.8 Å². The molecule has 1 amide bonds. The van der Waals surface area contributed by atoms with E-state index in [0.717, 1.165) is 19.4 Å². The van der Waals surface area contributed by atoms with Crippen LogP contribution in [0.4, 0.5) is 0 Å². The lowest BCUT2D eigenvalue weighted by molar-refractivity contribution is -0.126. The molecular formula is C14H20N2O4. The Morgan fingerprint density at radius 2 is 2.30 bits per heavy atom. The molecule has 0 aromatic carbocycles. The molecule has 1 saturated heterocycles. The largest absolute Gasteiger partial charge is 0.475 e. The first-order chi connectivity index (χ1) is 9.51. The number of nitrogens with zero attached hydrogens (tertiary/aromatic N) is 1. The smallest absolute Gasteiger partial charge is 0.372 e. The Morgan fingerprint density at radius 1 is 1.55 bits per heavy atom. The minimum Gasteiger partial charge on any atom is -0.475 e. The fourth-order valence-corrected chi connectivity index (χ4v) is 2.68. The molecule has 1 atom stereocenters. The second-order valence-electron chi connectivity index (χ2n) is 5.22. The number of hydrogen-bond donors (Lipinski definition) is 2.